The highest BCUT2D eigenvalue weighted by molar-refractivity contribution is 6.32. The van der Waals surface area contributed by atoms with E-state index in [1.54, 1.807) is 0 Å². The number of halogens is 5. The lowest BCUT2D eigenvalue weighted by Crippen LogP contribution is -2.51. The number of ether oxygens (including phenoxy) is 1. The van der Waals surface area contributed by atoms with Gasteiger partial charge in [-0.2, -0.15) is 13.2 Å². The summed E-state index contributed by atoms with van der Waals surface area (Å²) < 4.78 is 60.0. The lowest BCUT2D eigenvalue weighted by molar-refractivity contribution is -0.135. The minimum atomic E-state index is -4.78. The molecule has 0 bridgehead atoms. The number of fused-ring (bicyclic) bond motifs is 1. The van der Waals surface area contributed by atoms with E-state index in [1.165, 1.54) is 25.9 Å². The Morgan fingerprint density at radius 1 is 1.33 bits per heavy atom. The fourth-order valence-corrected chi connectivity index (χ4v) is 3.25. The minimum Gasteiger partial charge on any atom is -0.479 e. The highest BCUT2D eigenvalue weighted by atomic mass is 35.5. The molecule has 2 heterocycles. The van der Waals surface area contributed by atoms with E-state index >= 15 is 0 Å². The van der Waals surface area contributed by atoms with Gasteiger partial charge in [0.1, 0.15) is 17.3 Å². The molecule has 0 spiro atoms. The average Bonchev–Trinajstić information content (AvgIpc) is 3.11. The molecule has 2 aliphatic heterocycles. The van der Waals surface area contributed by atoms with Crippen LogP contribution in [0.15, 0.2) is 28.9 Å². The first-order valence-corrected chi connectivity index (χ1v) is 9.11. The average molecular weight is 449 g/mol. The van der Waals surface area contributed by atoms with Gasteiger partial charge in [0.25, 0.3) is 11.8 Å². The molecule has 1 aromatic carbocycles. The van der Waals surface area contributed by atoms with E-state index < -0.39 is 41.3 Å². The summed E-state index contributed by atoms with van der Waals surface area (Å²) in [6.45, 7) is 1.34. The van der Waals surface area contributed by atoms with E-state index in [9.17, 15) is 27.2 Å². The predicted octanol–water partition coefficient (Wildman–Crippen LogP) is 2.80. The van der Waals surface area contributed by atoms with Crippen LogP contribution in [0.1, 0.15) is 6.92 Å². The van der Waals surface area contributed by atoms with Gasteiger partial charge in [0.2, 0.25) is 5.96 Å². The summed E-state index contributed by atoms with van der Waals surface area (Å²) in [6.07, 6.45) is -5.37. The van der Waals surface area contributed by atoms with Gasteiger partial charge in [-0.1, -0.05) is 11.6 Å². The second-order valence-electron chi connectivity index (χ2n) is 6.76. The Morgan fingerprint density at radius 2 is 2.00 bits per heavy atom. The summed E-state index contributed by atoms with van der Waals surface area (Å²) >= 11 is 6.00. The van der Waals surface area contributed by atoms with E-state index in [0.717, 1.165) is 21.9 Å². The van der Waals surface area contributed by atoms with Crippen molar-refractivity contribution < 1.29 is 31.9 Å². The van der Waals surface area contributed by atoms with Crippen molar-refractivity contribution in [2.45, 2.75) is 19.2 Å². The van der Waals surface area contributed by atoms with Gasteiger partial charge in [-0.15, -0.1) is 0 Å². The van der Waals surface area contributed by atoms with Crippen LogP contribution in [0.25, 0.3) is 0 Å². The predicted molar refractivity (Wildman–Crippen MR) is 101 cm³/mol. The van der Waals surface area contributed by atoms with E-state index in [0.29, 0.717) is 6.08 Å². The number of likely N-dealkylation sites (N-methyl/N-ethyl adjacent to an activating group) is 1. The van der Waals surface area contributed by atoms with Crippen LogP contribution in [0.3, 0.4) is 0 Å². The highest BCUT2D eigenvalue weighted by Gasteiger charge is 2.47. The minimum absolute atomic E-state index is 0.000526. The number of rotatable bonds is 4. The summed E-state index contributed by atoms with van der Waals surface area (Å²) in [4.78, 5) is 31.3. The second-order valence-corrected chi connectivity index (χ2v) is 7.17. The summed E-state index contributed by atoms with van der Waals surface area (Å²) in [5, 5.41) is -0.171. The molecule has 12 heteroatoms. The number of allylic oxidation sites excluding steroid dienone is 1. The molecule has 1 unspecified atom stereocenters. The maximum atomic E-state index is 14.7. The lowest BCUT2D eigenvalue weighted by Gasteiger charge is -2.35. The molecule has 0 radical (unpaired) electrons. The van der Waals surface area contributed by atoms with Crippen molar-refractivity contribution in [3.05, 3.63) is 34.7 Å². The van der Waals surface area contributed by atoms with Crippen molar-refractivity contribution in [1.82, 2.24) is 9.80 Å². The zero-order valence-electron chi connectivity index (χ0n) is 16.1. The molecule has 2 aliphatic rings. The largest absolute Gasteiger partial charge is 0.479 e. The van der Waals surface area contributed by atoms with E-state index in [2.05, 4.69) is 4.99 Å². The number of aliphatic imine (C=N–C) groups is 1. The van der Waals surface area contributed by atoms with Crippen molar-refractivity contribution in [2.75, 3.05) is 32.1 Å². The van der Waals surface area contributed by atoms with Crippen molar-refractivity contribution >= 4 is 35.1 Å². The Hall–Kier alpha value is -2.82. The normalized spacial score (nSPS) is 17.4. The van der Waals surface area contributed by atoms with Gasteiger partial charge in [0.15, 0.2) is 6.10 Å². The van der Waals surface area contributed by atoms with Crippen LogP contribution in [0.4, 0.5) is 23.2 Å². The molecule has 1 aromatic rings. The molecule has 1 atom stereocenters. The lowest BCUT2D eigenvalue weighted by atomic mass is 10.2. The van der Waals surface area contributed by atoms with Crippen molar-refractivity contribution in [1.29, 1.82) is 0 Å². The van der Waals surface area contributed by atoms with Gasteiger partial charge in [0.05, 0.1) is 17.3 Å². The topological polar surface area (TPSA) is 65.5 Å². The molecule has 0 aliphatic carbocycles. The van der Waals surface area contributed by atoms with Crippen molar-refractivity contribution in [3.8, 4) is 5.75 Å². The van der Waals surface area contributed by atoms with E-state index in [4.69, 9.17) is 16.3 Å². The Labute approximate surface area is 174 Å². The fraction of sp³-hybridized carbons (Fsp3) is 0.389. The first kappa shape index (κ1) is 21.9. The van der Waals surface area contributed by atoms with Crippen LogP contribution >= 0.6 is 11.6 Å². The number of guanidine groups is 1. The molecule has 0 aromatic heterocycles. The second kappa shape index (κ2) is 7.78. The van der Waals surface area contributed by atoms with Gasteiger partial charge in [0, 0.05) is 32.8 Å². The molecule has 0 saturated carbocycles. The summed E-state index contributed by atoms with van der Waals surface area (Å²) in [6, 6.07) is 1.91. The molecule has 0 saturated heterocycles. The smallest absolute Gasteiger partial charge is 0.431 e. The summed E-state index contributed by atoms with van der Waals surface area (Å²) in [5.74, 6) is -2.94. The third-order valence-electron chi connectivity index (χ3n) is 4.41. The molecular weight excluding hydrogens is 432 g/mol. The molecule has 30 heavy (non-hydrogen) atoms. The zero-order valence-corrected chi connectivity index (χ0v) is 16.9. The fourth-order valence-electron chi connectivity index (χ4n) is 3.06. The van der Waals surface area contributed by atoms with E-state index in [1.807, 2.05) is 0 Å². The third kappa shape index (κ3) is 3.93. The van der Waals surface area contributed by atoms with Gasteiger partial charge in [-0.05, 0) is 13.0 Å². The third-order valence-corrected chi connectivity index (χ3v) is 4.71. The number of carbonyl (C=O) groups is 2. The molecular formula is C18H17ClF4N4O3. The first-order valence-electron chi connectivity index (χ1n) is 8.73. The highest BCUT2D eigenvalue weighted by Crippen LogP contribution is 2.38. The molecule has 3 rings (SSSR count). The van der Waals surface area contributed by atoms with Crippen molar-refractivity contribution in [2.24, 2.45) is 4.99 Å². The maximum Gasteiger partial charge on any atom is 0.431 e. The molecule has 7 nitrogen and oxygen atoms in total. The number of hydrogen-bond donors (Lipinski definition) is 0. The molecule has 2 amide bonds. The number of nitrogens with zero attached hydrogens (tertiary/aromatic N) is 4. The number of carbonyl (C=O) groups excluding carboxylic acids is 2. The number of hydrogen-bond acceptors (Lipinski definition) is 5. The van der Waals surface area contributed by atoms with Crippen LogP contribution in [-0.4, -0.2) is 67.0 Å². The van der Waals surface area contributed by atoms with Crippen molar-refractivity contribution in [3.63, 3.8) is 0 Å². The summed E-state index contributed by atoms with van der Waals surface area (Å²) in [7, 11) is 3.04. The Balaban J connectivity index is 2.03. The zero-order chi connectivity index (χ0) is 22.4. The monoisotopic (exact) mass is 448 g/mol. The standard InChI is InChI=1S/C18H17ClF4N4O3/c1-9(16(29)25(2)3)30-13-7-12(11(20)6-10(13)19)27-15(28)8-14(18(21,22)23)26-5-4-24-17(26)27/h6-9H,4-5H2,1-3H3. The molecule has 162 valence electrons. The van der Waals surface area contributed by atoms with Crippen LogP contribution < -0.4 is 9.64 Å². The quantitative estimate of drug-likeness (QED) is 0.664. The van der Waals surface area contributed by atoms with Crippen LogP contribution in [0, 0.1) is 5.82 Å². The number of alkyl halides is 3. The number of amides is 2. The van der Waals surface area contributed by atoms with Gasteiger partial charge in [-0.25, -0.2) is 9.29 Å². The summed E-state index contributed by atoms with van der Waals surface area (Å²) in [5.41, 5.74) is -1.57. The van der Waals surface area contributed by atoms with Gasteiger partial charge < -0.3 is 14.5 Å². The van der Waals surface area contributed by atoms with E-state index in [-0.39, 0.29) is 29.8 Å². The Morgan fingerprint density at radius 3 is 2.60 bits per heavy atom. The van der Waals surface area contributed by atoms with Crippen LogP contribution in [0.5, 0.6) is 5.75 Å². The number of benzene rings is 1. The Kier molecular flexibility index (Phi) is 5.68. The van der Waals surface area contributed by atoms with Gasteiger partial charge in [-0.3, -0.25) is 14.6 Å². The number of anilines is 1. The molecule has 0 fully saturated rings. The van der Waals surface area contributed by atoms with Crippen LogP contribution in [0.2, 0.25) is 5.02 Å². The molecule has 0 N–H and O–H groups in total. The maximum absolute atomic E-state index is 14.7. The van der Waals surface area contributed by atoms with Gasteiger partial charge >= 0.3 is 6.18 Å². The Bertz CT molecular complexity index is 961. The first-order chi connectivity index (χ1) is 13.9. The van der Waals surface area contributed by atoms with Crippen LogP contribution in [-0.2, 0) is 9.59 Å². The SMILES string of the molecule is CC(Oc1cc(N2C(=O)C=C(C(F)(F)F)N3CCN=C32)c(F)cc1Cl)C(=O)N(C)C.